The smallest absolute Gasteiger partial charge is 0.253 e. The quantitative estimate of drug-likeness (QED) is 0.534. The van der Waals surface area contributed by atoms with Crippen molar-refractivity contribution in [3.63, 3.8) is 0 Å². The van der Waals surface area contributed by atoms with Gasteiger partial charge < -0.3 is 14.6 Å². The van der Waals surface area contributed by atoms with Gasteiger partial charge in [-0.15, -0.1) is 11.8 Å². The maximum Gasteiger partial charge on any atom is 0.253 e. The van der Waals surface area contributed by atoms with E-state index in [0.29, 0.717) is 31.7 Å². The topological polar surface area (TPSA) is 70.0 Å². The Labute approximate surface area is 192 Å². The molecule has 3 heterocycles. The van der Waals surface area contributed by atoms with Gasteiger partial charge in [-0.05, 0) is 42.8 Å². The highest BCUT2D eigenvalue weighted by atomic mass is 32.2. The molecule has 8 heteroatoms. The molecule has 1 aliphatic heterocycles. The van der Waals surface area contributed by atoms with Crippen molar-refractivity contribution >= 4 is 29.2 Å². The molecule has 0 unspecified atom stereocenters. The molecular weight excluding hydrogens is 422 g/mol. The van der Waals surface area contributed by atoms with Crippen LogP contribution in [0, 0.1) is 0 Å². The first-order chi connectivity index (χ1) is 15.6. The molecule has 7 nitrogen and oxygen atoms in total. The molecule has 0 aliphatic carbocycles. The molecular formula is C24H29N5O2S. The van der Waals surface area contributed by atoms with Crippen LogP contribution in [0.2, 0.25) is 0 Å². The summed E-state index contributed by atoms with van der Waals surface area (Å²) in [6.07, 6.45) is 4.98. The van der Waals surface area contributed by atoms with Crippen molar-refractivity contribution in [2.45, 2.75) is 24.0 Å². The van der Waals surface area contributed by atoms with Crippen LogP contribution in [-0.4, -0.2) is 70.3 Å². The van der Waals surface area contributed by atoms with Crippen LogP contribution in [-0.2, 0) is 10.5 Å². The van der Waals surface area contributed by atoms with Crippen molar-refractivity contribution in [2.75, 3.05) is 39.3 Å². The third-order valence-electron chi connectivity index (χ3n) is 5.50. The number of nitrogens with one attached hydrogen (secondary N) is 1. The predicted molar refractivity (Wildman–Crippen MR) is 127 cm³/mol. The number of imidazole rings is 1. The molecule has 1 saturated heterocycles. The number of hydrogen-bond donors (Lipinski definition) is 1. The van der Waals surface area contributed by atoms with Crippen LogP contribution in [0.5, 0.6) is 0 Å². The monoisotopic (exact) mass is 451 g/mol. The summed E-state index contributed by atoms with van der Waals surface area (Å²) in [5, 5.41) is 2.90. The number of pyridine rings is 1. The van der Waals surface area contributed by atoms with Gasteiger partial charge in [-0.25, -0.2) is 4.98 Å². The predicted octanol–water partition coefficient (Wildman–Crippen LogP) is 2.91. The van der Waals surface area contributed by atoms with Gasteiger partial charge in [0.15, 0.2) is 0 Å². The zero-order valence-corrected chi connectivity index (χ0v) is 19.2. The Kier molecular flexibility index (Phi) is 7.44. The number of amides is 2. The molecule has 3 aromatic rings. The molecule has 0 saturated carbocycles. The highest BCUT2D eigenvalue weighted by molar-refractivity contribution is 7.98. The Morgan fingerprint density at radius 3 is 2.56 bits per heavy atom. The van der Waals surface area contributed by atoms with Gasteiger partial charge in [0.1, 0.15) is 5.65 Å². The zero-order valence-electron chi connectivity index (χ0n) is 18.4. The summed E-state index contributed by atoms with van der Waals surface area (Å²) in [5.41, 5.74) is 2.68. The van der Waals surface area contributed by atoms with Crippen molar-refractivity contribution in [3.8, 4) is 0 Å². The lowest BCUT2D eigenvalue weighted by Crippen LogP contribution is -2.51. The molecule has 4 rings (SSSR count). The first-order valence-corrected chi connectivity index (χ1v) is 12.0. The van der Waals surface area contributed by atoms with E-state index in [0.717, 1.165) is 41.5 Å². The number of nitrogens with zero attached hydrogens (tertiary/aromatic N) is 4. The van der Waals surface area contributed by atoms with Crippen LogP contribution in [0.1, 0.15) is 29.4 Å². The van der Waals surface area contributed by atoms with Crippen molar-refractivity contribution in [3.05, 3.63) is 66.1 Å². The van der Waals surface area contributed by atoms with E-state index in [9.17, 15) is 9.59 Å². The summed E-state index contributed by atoms with van der Waals surface area (Å²) < 4.78 is 2.02. The lowest BCUT2D eigenvalue weighted by Gasteiger charge is -2.34. The highest BCUT2D eigenvalue weighted by Crippen LogP contribution is 2.23. The normalized spacial score (nSPS) is 14.6. The van der Waals surface area contributed by atoms with Crippen molar-refractivity contribution in [1.29, 1.82) is 0 Å². The van der Waals surface area contributed by atoms with Crippen molar-refractivity contribution in [1.82, 2.24) is 24.5 Å². The summed E-state index contributed by atoms with van der Waals surface area (Å²) in [6, 6.07) is 13.8. The van der Waals surface area contributed by atoms with Crippen LogP contribution >= 0.6 is 11.8 Å². The SMILES string of the molecule is CCCNC(=O)CN1CCN(C(=O)c2ccc(SCc3cn4ccccc4n3)cc2)CC1. The highest BCUT2D eigenvalue weighted by Gasteiger charge is 2.23. The Balaban J connectivity index is 1.25. The van der Waals surface area contributed by atoms with E-state index in [2.05, 4.69) is 15.2 Å². The number of piperazine rings is 1. The Morgan fingerprint density at radius 2 is 1.84 bits per heavy atom. The van der Waals surface area contributed by atoms with E-state index in [1.165, 1.54) is 0 Å². The number of carbonyl (C=O) groups excluding carboxylic acids is 2. The summed E-state index contributed by atoms with van der Waals surface area (Å²) in [7, 11) is 0. The second kappa shape index (κ2) is 10.7. The van der Waals surface area contributed by atoms with Crippen LogP contribution in [0.25, 0.3) is 5.65 Å². The number of carbonyl (C=O) groups is 2. The third kappa shape index (κ3) is 5.69. The second-order valence-electron chi connectivity index (χ2n) is 7.93. The van der Waals surface area contributed by atoms with Crippen molar-refractivity contribution in [2.24, 2.45) is 0 Å². The summed E-state index contributed by atoms with van der Waals surface area (Å²) in [6.45, 7) is 5.88. The molecule has 2 amide bonds. The number of rotatable bonds is 8. The largest absolute Gasteiger partial charge is 0.355 e. The average molecular weight is 452 g/mol. The average Bonchev–Trinajstić information content (AvgIpc) is 3.25. The van der Waals surface area contributed by atoms with Gasteiger partial charge in [0, 0.05) is 61.3 Å². The third-order valence-corrected chi connectivity index (χ3v) is 6.55. The van der Waals surface area contributed by atoms with E-state index in [4.69, 9.17) is 0 Å². The van der Waals surface area contributed by atoms with E-state index in [-0.39, 0.29) is 11.8 Å². The first-order valence-electron chi connectivity index (χ1n) is 11.1. The minimum absolute atomic E-state index is 0.0528. The van der Waals surface area contributed by atoms with E-state index in [1.807, 2.05) is 71.1 Å². The summed E-state index contributed by atoms with van der Waals surface area (Å²) in [5.74, 6) is 0.892. The number of benzene rings is 1. The van der Waals surface area contributed by atoms with Crippen LogP contribution < -0.4 is 5.32 Å². The van der Waals surface area contributed by atoms with Gasteiger partial charge in [-0.2, -0.15) is 0 Å². The molecule has 1 N–H and O–H groups in total. The van der Waals surface area contributed by atoms with Crippen LogP contribution in [0.3, 0.4) is 0 Å². The minimum Gasteiger partial charge on any atom is -0.355 e. The van der Waals surface area contributed by atoms with Crippen LogP contribution in [0.15, 0.2) is 59.8 Å². The maximum absolute atomic E-state index is 12.9. The fourth-order valence-corrected chi connectivity index (χ4v) is 4.50. The Hall–Kier alpha value is -2.84. The molecule has 2 aromatic heterocycles. The van der Waals surface area contributed by atoms with E-state index >= 15 is 0 Å². The van der Waals surface area contributed by atoms with Gasteiger partial charge >= 0.3 is 0 Å². The molecule has 168 valence electrons. The number of aromatic nitrogens is 2. The zero-order chi connectivity index (χ0) is 22.3. The number of thioether (sulfide) groups is 1. The van der Waals surface area contributed by atoms with E-state index < -0.39 is 0 Å². The van der Waals surface area contributed by atoms with Gasteiger partial charge in [-0.3, -0.25) is 14.5 Å². The molecule has 1 aromatic carbocycles. The minimum atomic E-state index is 0.0528. The lowest BCUT2D eigenvalue weighted by atomic mass is 10.2. The first kappa shape index (κ1) is 22.4. The molecule has 0 radical (unpaired) electrons. The van der Waals surface area contributed by atoms with Crippen LogP contribution in [0.4, 0.5) is 0 Å². The van der Waals surface area contributed by atoms with Gasteiger partial charge in [0.2, 0.25) is 5.91 Å². The lowest BCUT2D eigenvalue weighted by molar-refractivity contribution is -0.122. The molecule has 0 spiro atoms. The number of hydrogen-bond acceptors (Lipinski definition) is 5. The standard InChI is InChI=1S/C24H29N5O2S/c1-2-10-25-23(30)17-27-12-14-28(15-13-27)24(31)19-6-8-21(9-7-19)32-18-20-16-29-11-4-3-5-22(29)26-20/h3-9,11,16H,2,10,12-15,17-18H2,1H3,(H,25,30). The fraction of sp³-hybridized carbons (Fsp3) is 0.375. The van der Waals surface area contributed by atoms with Gasteiger partial charge in [-0.1, -0.05) is 13.0 Å². The fourth-order valence-electron chi connectivity index (χ4n) is 3.72. The number of fused-ring (bicyclic) bond motifs is 1. The van der Waals surface area contributed by atoms with Gasteiger partial charge in [0.05, 0.1) is 12.2 Å². The Bertz CT molecular complexity index is 1020. The maximum atomic E-state index is 12.9. The Morgan fingerprint density at radius 1 is 1.06 bits per heavy atom. The summed E-state index contributed by atoms with van der Waals surface area (Å²) in [4.78, 5) is 34.5. The van der Waals surface area contributed by atoms with Crippen molar-refractivity contribution < 1.29 is 9.59 Å². The molecule has 1 aliphatic rings. The second-order valence-corrected chi connectivity index (χ2v) is 8.98. The molecule has 0 atom stereocenters. The summed E-state index contributed by atoms with van der Waals surface area (Å²) >= 11 is 1.71. The molecule has 1 fully saturated rings. The molecule has 32 heavy (non-hydrogen) atoms. The van der Waals surface area contributed by atoms with Gasteiger partial charge in [0.25, 0.3) is 5.91 Å². The van der Waals surface area contributed by atoms with E-state index in [1.54, 1.807) is 11.8 Å². The molecule has 0 bridgehead atoms.